The van der Waals surface area contributed by atoms with Crippen molar-refractivity contribution in [2.24, 2.45) is 11.5 Å². The first-order chi connectivity index (χ1) is 12.2. The first-order valence-corrected chi connectivity index (χ1v) is 7.35. The molecule has 0 aliphatic heterocycles. The van der Waals surface area contributed by atoms with Crippen molar-refractivity contribution >= 4 is 23.2 Å². The molecule has 26 heavy (non-hydrogen) atoms. The zero-order chi connectivity index (χ0) is 19.4. The van der Waals surface area contributed by atoms with Gasteiger partial charge in [0.2, 0.25) is 11.8 Å². The Morgan fingerprint density at radius 2 is 1.12 bits per heavy atom. The first-order valence-electron chi connectivity index (χ1n) is 7.35. The number of nitrogens with zero attached hydrogens (tertiary/aromatic N) is 2. The number of nitro groups is 2. The van der Waals surface area contributed by atoms with Gasteiger partial charge < -0.3 is 11.5 Å². The first kappa shape index (κ1) is 18.5. The molecule has 0 fully saturated rings. The summed E-state index contributed by atoms with van der Waals surface area (Å²) < 4.78 is 0. The highest BCUT2D eigenvalue weighted by Crippen LogP contribution is 2.23. The molecular weight excluding hydrogens is 344 g/mol. The Hall–Kier alpha value is -3.82. The minimum absolute atomic E-state index is 0.0986. The van der Waals surface area contributed by atoms with Crippen LogP contribution < -0.4 is 11.5 Å². The molecule has 10 heteroatoms. The van der Waals surface area contributed by atoms with Crippen LogP contribution in [0.3, 0.4) is 0 Å². The van der Waals surface area contributed by atoms with Gasteiger partial charge in [0.05, 0.1) is 9.85 Å². The Morgan fingerprint density at radius 3 is 1.38 bits per heavy atom. The summed E-state index contributed by atoms with van der Waals surface area (Å²) in [6, 6.07) is 7.23. The van der Waals surface area contributed by atoms with Crippen LogP contribution in [0.1, 0.15) is 31.8 Å². The number of hydrogen-bond acceptors (Lipinski definition) is 6. The van der Waals surface area contributed by atoms with Gasteiger partial charge in [0.25, 0.3) is 11.4 Å². The van der Waals surface area contributed by atoms with Gasteiger partial charge in [0.15, 0.2) is 0 Å². The molecule has 0 unspecified atom stereocenters. The lowest BCUT2D eigenvalue weighted by Gasteiger charge is -2.09. The van der Waals surface area contributed by atoms with Crippen molar-refractivity contribution in [2.75, 3.05) is 0 Å². The second kappa shape index (κ2) is 7.38. The van der Waals surface area contributed by atoms with Crippen LogP contribution >= 0.6 is 0 Å². The Bertz CT molecular complexity index is 849. The maximum Gasteiger partial charge on any atom is 0.269 e. The number of benzene rings is 2. The molecule has 2 rings (SSSR count). The van der Waals surface area contributed by atoms with Crippen molar-refractivity contribution in [1.29, 1.82) is 0 Å². The second-order valence-corrected chi connectivity index (χ2v) is 5.43. The third-order valence-electron chi connectivity index (χ3n) is 3.79. The van der Waals surface area contributed by atoms with E-state index in [1.807, 2.05) is 0 Å². The maximum atomic E-state index is 11.5. The van der Waals surface area contributed by atoms with Crippen molar-refractivity contribution in [3.05, 3.63) is 78.9 Å². The molecule has 2 aromatic carbocycles. The zero-order valence-corrected chi connectivity index (χ0v) is 13.4. The molecule has 0 saturated carbocycles. The molecular formula is C16H14N4O6. The number of carbonyl (C=O) groups excluding carboxylic acids is 2. The number of aryl methyl sites for hydroxylation is 2. The summed E-state index contributed by atoms with van der Waals surface area (Å²) in [6.07, 6.45) is 0.197. The Kier molecular flexibility index (Phi) is 5.26. The normalized spacial score (nSPS) is 10.3. The zero-order valence-electron chi connectivity index (χ0n) is 13.4. The number of hydrogen-bond donors (Lipinski definition) is 2. The largest absolute Gasteiger partial charge is 0.366 e. The van der Waals surface area contributed by atoms with Crippen molar-refractivity contribution in [1.82, 2.24) is 0 Å². The van der Waals surface area contributed by atoms with Gasteiger partial charge >= 0.3 is 0 Å². The van der Waals surface area contributed by atoms with Crippen molar-refractivity contribution in [3.8, 4) is 0 Å². The Labute approximate surface area is 146 Å². The monoisotopic (exact) mass is 358 g/mol. The molecule has 0 bridgehead atoms. The molecule has 0 aliphatic rings. The van der Waals surface area contributed by atoms with Gasteiger partial charge in [-0.15, -0.1) is 0 Å². The summed E-state index contributed by atoms with van der Waals surface area (Å²) in [4.78, 5) is 43.7. The van der Waals surface area contributed by atoms with Gasteiger partial charge in [-0.05, 0) is 36.1 Å². The smallest absolute Gasteiger partial charge is 0.269 e. The van der Waals surface area contributed by atoms with E-state index in [4.69, 9.17) is 11.5 Å². The lowest BCUT2D eigenvalue weighted by atomic mass is 9.95. The number of amides is 2. The highest BCUT2D eigenvalue weighted by molar-refractivity contribution is 5.95. The minimum Gasteiger partial charge on any atom is -0.366 e. The summed E-state index contributed by atoms with van der Waals surface area (Å²) in [6.45, 7) is 0. The summed E-state index contributed by atoms with van der Waals surface area (Å²) >= 11 is 0. The molecule has 134 valence electrons. The number of nitro benzene ring substituents is 2. The molecule has 0 aliphatic carbocycles. The predicted octanol–water partition coefficient (Wildman–Crippen LogP) is 1.49. The van der Waals surface area contributed by atoms with E-state index in [0.29, 0.717) is 11.1 Å². The van der Waals surface area contributed by atoms with E-state index in [1.54, 1.807) is 0 Å². The van der Waals surface area contributed by atoms with E-state index in [1.165, 1.54) is 24.3 Å². The fraction of sp³-hybridized carbons (Fsp3) is 0.125. The standard InChI is InChI=1S/C16H14N4O6/c17-15(21)13-5-3-11(19(23)24)7-9(13)1-2-10-8-12(20(25)26)4-6-14(10)16(18)22/h3-8H,1-2H2,(H2,17,21)(H2,18,22). The fourth-order valence-corrected chi connectivity index (χ4v) is 2.55. The number of non-ortho nitro benzene ring substituents is 2. The summed E-state index contributed by atoms with van der Waals surface area (Å²) in [5.41, 5.74) is 10.9. The van der Waals surface area contributed by atoms with Gasteiger partial charge in [0.1, 0.15) is 0 Å². The lowest BCUT2D eigenvalue weighted by molar-refractivity contribution is -0.385. The van der Waals surface area contributed by atoms with Crippen molar-refractivity contribution < 1.29 is 19.4 Å². The van der Waals surface area contributed by atoms with E-state index in [9.17, 15) is 29.8 Å². The van der Waals surface area contributed by atoms with Crippen LogP contribution in [0.4, 0.5) is 11.4 Å². The SMILES string of the molecule is NC(=O)c1ccc([N+](=O)[O-])cc1CCc1cc([N+](=O)[O-])ccc1C(N)=O. The van der Waals surface area contributed by atoms with Gasteiger partial charge in [-0.2, -0.15) is 0 Å². The van der Waals surface area contributed by atoms with Crippen molar-refractivity contribution in [2.45, 2.75) is 12.8 Å². The van der Waals surface area contributed by atoms with E-state index >= 15 is 0 Å². The second-order valence-electron chi connectivity index (χ2n) is 5.43. The van der Waals surface area contributed by atoms with E-state index in [2.05, 4.69) is 0 Å². The molecule has 0 aromatic heterocycles. The van der Waals surface area contributed by atoms with Gasteiger partial charge in [-0.1, -0.05) is 0 Å². The Balaban J connectivity index is 2.41. The van der Waals surface area contributed by atoms with E-state index in [0.717, 1.165) is 12.1 Å². The van der Waals surface area contributed by atoms with Gasteiger partial charge in [-0.3, -0.25) is 29.8 Å². The lowest BCUT2D eigenvalue weighted by Crippen LogP contribution is -2.16. The topological polar surface area (TPSA) is 172 Å². The van der Waals surface area contributed by atoms with Crippen LogP contribution in [0, 0.1) is 20.2 Å². The molecule has 2 amide bonds. The highest BCUT2D eigenvalue weighted by Gasteiger charge is 2.17. The van der Waals surface area contributed by atoms with Crippen LogP contribution in [0.5, 0.6) is 0 Å². The highest BCUT2D eigenvalue weighted by atomic mass is 16.6. The number of primary amides is 2. The molecule has 0 atom stereocenters. The van der Waals surface area contributed by atoms with Gasteiger partial charge in [0, 0.05) is 35.4 Å². The van der Waals surface area contributed by atoms with E-state index in [-0.39, 0.29) is 35.3 Å². The average molecular weight is 358 g/mol. The maximum absolute atomic E-state index is 11.5. The minimum atomic E-state index is -0.760. The third kappa shape index (κ3) is 3.98. The molecule has 0 heterocycles. The molecule has 0 radical (unpaired) electrons. The number of rotatable bonds is 7. The van der Waals surface area contributed by atoms with Crippen LogP contribution in [0.25, 0.3) is 0 Å². The van der Waals surface area contributed by atoms with E-state index < -0.39 is 21.7 Å². The average Bonchev–Trinajstić information content (AvgIpc) is 2.58. The molecule has 0 spiro atoms. The number of nitrogens with two attached hydrogens (primary N) is 2. The fourth-order valence-electron chi connectivity index (χ4n) is 2.55. The quantitative estimate of drug-likeness (QED) is 0.560. The number of carbonyl (C=O) groups is 2. The van der Waals surface area contributed by atoms with Crippen LogP contribution in [0.15, 0.2) is 36.4 Å². The predicted molar refractivity (Wildman–Crippen MR) is 90.6 cm³/mol. The summed E-state index contributed by atoms with van der Waals surface area (Å²) in [5.74, 6) is -1.52. The van der Waals surface area contributed by atoms with Crippen molar-refractivity contribution in [3.63, 3.8) is 0 Å². The summed E-state index contributed by atoms with van der Waals surface area (Å²) in [7, 11) is 0. The van der Waals surface area contributed by atoms with Gasteiger partial charge in [-0.25, -0.2) is 0 Å². The molecule has 2 aromatic rings. The summed E-state index contributed by atoms with van der Waals surface area (Å²) in [5, 5.41) is 21.8. The van der Waals surface area contributed by atoms with Crippen LogP contribution in [-0.4, -0.2) is 21.7 Å². The third-order valence-corrected chi connectivity index (χ3v) is 3.79. The van der Waals surface area contributed by atoms with Crippen LogP contribution in [0.2, 0.25) is 0 Å². The molecule has 10 nitrogen and oxygen atoms in total. The Morgan fingerprint density at radius 1 is 0.769 bits per heavy atom. The molecule has 0 saturated heterocycles. The van der Waals surface area contributed by atoms with Crippen LogP contribution in [-0.2, 0) is 12.8 Å². The molecule has 4 N–H and O–H groups in total.